The maximum Gasteiger partial charge on any atom is 0.0352 e. The van der Waals surface area contributed by atoms with Crippen LogP contribution in [-0.4, -0.2) is 0 Å². The Morgan fingerprint density at radius 3 is 1.52 bits per heavy atom. The van der Waals surface area contributed by atoms with E-state index in [1.165, 1.54) is 59.3 Å². The van der Waals surface area contributed by atoms with E-state index in [0.29, 0.717) is 0 Å². The van der Waals surface area contributed by atoms with E-state index in [2.05, 4.69) is 87.6 Å². The van der Waals surface area contributed by atoms with Crippen molar-refractivity contribution in [2.45, 2.75) is 42.9 Å². The third-order valence-electron chi connectivity index (χ3n) is 5.96. The molecule has 4 heteroatoms. The van der Waals surface area contributed by atoms with Crippen LogP contribution < -0.4 is 0 Å². The zero-order chi connectivity index (χ0) is 21.5. The van der Waals surface area contributed by atoms with Crippen molar-refractivity contribution < 1.29 is 0 Å². The molecule has 2 aromatic carbocycles. The Hall–Kier alpha value is -1.72. The van der Waals surface area contributed by atoms with Crippen LogP contribution in [0.2, 0.25) is 0 Å². The molecule has 0 saturated carbocycles. The molecule has 0 fully saturated rings. The minimum absolute atomic E-state index is 1.01. The van der Waals surface area contributed by atoms with Crippen LogP contribution in [0, 0.1) is 13.8 Å². The molecule has 0 bridgehead atoms. The molecule has 0 aliphatic heterocycles. The Kier molecular flexibility index (Phi) is 5.91. The van der Waals surface area contributed by atoms with Crippen LogP contribution in [0.5, 0.6) is 0 Å². The summed E-state index contributed by atoms with van der Waals surface area (Å²) in [5.74, 6) is 0. The van der Waals surface area contributed by atoms with Gasteiger partial charge in [-0.3, -0.25) is 0 Å². The van der Waals surface area contributed by atoms with E-state index >= 15 is 0 Å². The van der Waals surface area contributed by atoms with Crippen molar-refractivity contribution in [3.8, 4) is 20.9 Å². The SMILES string of the molecule is Cc1sc(-c2cccc(S)c2)cc1C1=C(c2cc(-c3cccc(S)c3)sc2C)CCC1. The second-order valence-corrected chi connectivity index (χ2v) is 11.6. The van der Waals surface area contributed by atoms with Crippen LogP contribution in [0.25, 0.3) is 32.0 Å². The summed E-state index contributed by atoms with van der Waals surface area (Å²) in [6.07, 6.45) is 3.56. The van der Waals surface area contributed by atoms with Gasteiger partial charge in [-0.1, -0.05) is 24.3 Å². The van der Waals surface area contributed by atoms with Crippen LogP contribution in [0.1, 0.15) is 40.1 Å². The smallest absolute Gasteiger partial charge is 0.0352 e. The first kappa shape index (κ1) is 21.1. The van der Waals surface area contributed by atoms with Gasteiger partial charge >= 0.3 is 0 Å². The van der Waals surface area contributed by atoms with Gasteiger partial charge in [-0.15, -0.1) is 47.9 Å². The van der Waals surface area contributed by atoms with Gasteiger partial charge in [0, 0.05) is 29.3 Å². The van der Waals surface area contributed by atoms with Crippen molar-refractivity contribution in [2.24, 2.45) is 0 Å². The monoisotopic (exact) mass is 476 g/mol. The highest BCUT2D eigenvalue weighted by Crippen LogP contribution is 2.47. The van der Waals surface area contributed by atoms with E-state index in [-0.39, 0.29) is 0 Å². The quantitative estimate of drug-likeness (QED) is 0.269. The van der Waals surface area contributed by atoms with E-state index < -0.39 is 0 Å². The third-order valence-corrected chi connectivity index (χ3v) is 8.72. The van der Waals surface area contributed by atoms with E-state index in [4.69, 9.17) is 0 Å². The fourth-order valence-electron chi connectivity index (χ4n) is 4.50. The molecule has 0 spiro atoms. The number of thiol groups is 2. The molecule has 1 aliphatic carbocycles. The molecule has 2 aromatic heterocycles. The molecule has 0 N–H and O–H groups in total. The van der Waals surface area contributed by atoms with Crippen molar-refractivity contribution in [1.82, 2.24) is 0 Å². The second-order valence-electron chi connectivity index (χ2n) is 8.07. The molecule has 0 atom stereocenters. The zero-order valence-corrected chi connectivity index (χ0v) is 21.0. The predicted molar refractivity (Wildman–Crippen MR) is 144 cm³/mol. The highest BCUT2D eigenvalue weighted by Gasteiger charge is 2.23. The highest BCUT2D eigenvalue weighted by atomic mass is 32.1. The molecule has 0 unspecified atom stereocenters. The van der Waals surface area contributed by atoms with E-state index in [0.717, 1.165) is 22.6 Å². The topological polar surface area (TPSA) is 0 Å². The lowest BCUT2D eigenvalue weighted by Crippen LogP contribution is -1.86. The fraction of sp³-hybridized carbons (Fsp3) is 0.185. The number of thiophene rings is 2. The zero-order valence-electron chi connectivity index (χ0n) is 17.6. The molecular formula is C27H24S4. The molecule has 0 saturated heterocycles. The summed E-state index contributed by atoms with van der Waals surface area (Å²) in [5, 5.41) is 0. The number of allylic oxidation sites excluding steroid dienone is 2. The summed E-state index contributed by atoms with van der Waals surface area (Å²) < 4.78 is 0. The number of hydrogen-bond donors (Lipinski definition) is 2. The Bertz CT molecular complexity index is 1200. The van der Waals surface area contributed by atoms with Gasteiger partial charge in [0.05, 0.1) is 0 Å². The largest absolute Gasteiger partial charge is 0.143 e. The van der Waals surface area contributed by atoms with E-state index in [9.17, 15) is 0 Å². The van der Waals surface area contributed by atoms with Crippen molar-refractivity contribution in [3.05, 3.63) is 81.5 Å². The Morgan fingerprint density at radius 2 is 1.10 bits per heavy atom. The molecular weight excluding hydrogens is 453 g/mol. The highest BCUT2D eigenvalue weighted by molar-refractivity contribution is 7.80. The average molecular weight is 477 g/mol. The van der Waals surface area contributed by atoms with Crippen molar-refractivity contribution in [3.63, 3.8) is 0 Å². The average Bonchev–Trinajstić information content (AvgIpc) is 3.46. The van der Waals surface area contributed by atoms with Crippen molar-refractivity contribution in [1.29, 1.82) is 0 Å². The lowest BCUT2D eigenvalue weighted by atomic mass is 9.96. The normalized spacial score (nSPS) is 13.9. The molecule has 1 aliphatic rings. The molecule has 5 rings (SSSR count). The van der Waals surface area contributed by atoms with Crippen LogP contribution >= 0.6 is 47.9 Å². The molecule has 2 heterocycles. The first-order valence-corrected chi connectivity index (χ1v) is 13.0. The van der Waals surface area contributed by atoms with Gasteiger partial charge in [-0.2, -0.15) is 0 Å². The summed E-state index contributed by atoms with van der Waals surface area (Å²) in [7, 11) is 0. The van der Waals surface area contributed by atoms with Crippen molar-refractivity contribution >= 4 is 59.1 Å². The maximum absolute atomic E-state index is 4.53. The summed E-state index contributed by atoms with van der Waals surface area (Å²) in [6.45, 7) is 4.53. The van der Waals surface area contributed by atoms with Gasteiger partial charge in [0.1, 0.15) is 0 Å². The number of rotatable bonds is 4. The summed E-state index contributed by atoms with van der Waals surface area (Å²) in [6, 6.07) is 21.7. The third kappa shape index (κ3) is 4.19. The Balaban J connectivity index is 1.57. The lowest BCUT2D eigenvalue weighted by Gasteiger charge is -2.07. The van der Waals surface area contributed by atoms with Crippen LogP contribution in [0.4, 0.5) is 0 Å². The molecule has 156 valence electrons. The summed E-state index contributed by atoms with van der Waals surface area (Å²) in [5.41, 5.74) is 8.46. The minimum Gasteiger partial charge on any atom is -0.143 e. The van der Waals surface area contributed by atoms with Gasteiger partial charge in [0.2, 0.25) is 0 Å². The standard InChI is InChI=1S/C27H24S4/c1-16-24(14-26(30-16)18-6-3-8-20(28)12-18)22-10-5-11-23(22)25-15-27(31-17(25)2)19-7-4-9-21(29)13-19/h3-4,6-9,12-15,28-29H,5,10-11H2,1-2H3. The number of hydrogen-bond acceptors (Lipinski definition) is 4. The number of benzene rings is 2. The lowest BCUT2D eigenvalue weighted by molar-refractivity contribution is 0.941. The van der Waals surface area contributed by atoms with Gasteiger partial charge < -0.3 is 0 Å². The molecule has 31 heavy (non-hydrogen) atoms. The first-order valence-electron chi connectivity index (χ1n) is 10.5. The molecule has 4 aromatic rings. The first-order chi connectivity index (χ1) is 15.0. The van der Waals surface area contributed by atoms with Crippen LogP contribution in [0.3, 0.4) is 0 Å². The van der Waals surface area contributed by atoms with E-state index in [1.54, 1.807) is 0 Å². The summed E-state index contributed by atoms with van der Waals surface area (Å²) in [4.78, 5) is 7.50. The fourth-order valence-corrected chi connectivity index (χ4v) is 7.04. The molecule has 0 radical (unpaired) electrons. The van der Waals surface area contributed by atoms with Gasteiger partial charge in [0.15, 0.2) is 0 Å². The minimum atomic E-state index is 1.01. The van der Waals surface area contributed by atoms with Gasteiger partial charge in [-0.05, 0) is 103 Å². The van der Waals surface area contributed by atoms with Gasteiger partial charge in [0.25, 0.3) is 0 Å². The summed E-state index contributed by atoms with van der Waals surface area (Å²) >= 11 is 12.8. The van der Waals surface area contributed by atoms with Crippen molar-refractivity contribution in [2.75, 3.05) is 0 Å². The van der Waals surface area contributed by atoms with Crippen LogP contribution in [0.15, 0.2) is 70.5 Å². The van der Waals surface area contributed by atoms with Crippen LogP contribution in [-0.2, 0) is 0 Å². The predicted octanol–water partition coefficient (Wildman–Crippen LogP) is 9.43. The van der Waals surface area contributed by atoms with E-state index in [1.807, 2.05) is 34.8 Å². The van der Waals surface area contributed by atoms with Gasteiger partial charge in [-0.25, -0.2) is 0 Å². The Labute approximate surface area is 203 Å². The molecule has 0 amide bonds. The molecule has 0 nitrogen and oxygen atoms in total. The maximum atomic E-state index is 4.53. The Morgan fingerprint density at radius 1 is 0.645 bits per heavy atom. The number of aryl methyl sites for hydroxylation is 2. The second kappa shape index (κ2) is 8.67.